The third kappa shape index (κ3) is 5.52. The second-order valence-electron chi connectivity index (χ2n) is 6.42. The summed E-state index contributed by atoms with van der Waals surface area (Å²) in [5.74, 6) is -0.988. The van der Waals surface area contributed by atoms with E-state index in [1.807, 2.05) is 0 Å². The second kappa shape index (κ2) is 9.89. The summed E-state index contributed by atoms with van der Waals surface area (Å²) in [6.45, 7) is 1.13. The fourth-order valence-corrected chi connectivity index (χ4v) is 3.57. The summed E-state index contributed by atoms with van der Waals surface area (Å²) in [4.78, 5) is 23.6. The van der Waals surface area contributed by atoms with E-state index >= 15 is 0 Å². The zero-order valence-corrected chi connectivity index (χ0v) is 15.2. The topological polar surface area (TPSA) is 80.3 Å². The fraction of sp³-hybridized carbons (Fsp3) is 0.778. The Morgan fingerprint density at radius 3 is 2.60 bits per heavy atom. The first-order valence-electron chi connectivity index (χ1n) is 8.70. The van der Waals surface area contributed by atoms with E-state index in [0.29, 0.717) is 19.6 Å². The maximum absolute atomic E-state index is 11.8. The van der Waals surface area contributed by atoms with Crippen molar-refractivity contribution in [3.05, 3.63) is 11.6 Å². The molecule has 4 atom stereocenters. The summed E-state index contributed by atoms with van der Waals surface area (Å²) in [7, 11) is 4.31. The molecule has 0 amide bonds. The molecule has 2 aliphatic rings. The molecular weight excluding hydrogens is 328 g/mol. The van der Waals surface area contributed by atoms with E-state index in [1.165, 1.54) is 20.3 Å². The number of hydrogen-bond acceptors (Lipinski definition) is 7. The SMILES string of the molecule is COC[C@@H]1C(CC(=O)OC)C(=CC(=O)OC)C[C@H]1OC1CCCCO1. The van der Waals surface area contributed by atoms with Crippen LogP contribution in [-0.4, -0.2) is 58.9 Å². The molecule has 7 heteroatoms. The highest BCUT2D eigenvalue weighted by molar-refractivity contribution is 5.83. The Morgan fingerprint density at radius 2 is 2.00 bits per heavy atom. The van der Waals surface area contributed by atoms with Crippen LogP contribution in [0, 0.1) is 11.8 Å². The first kappa shape index (κ1) is 19.9. The van der Waals surface area contributed by atoms with Gasteiger partial charge in [-0.3, -0.25) is 4.79 Å². The largest absolute Gasteiger partial charge is 0.469 e. The van der Waals surface area contributed by atoms with Gasteiger partial charge in [0, 0.05) is 25.7 Å². The van der Waals surface area contributed by atoms with Crippen molar-refractivity contribution in [3.8, 4) is 0 Å². The first-order valence-corrected chi connectivity index (χ1v) is 8.70. The van der Waals surface area contributed by atoms with Crippen LogP contribution in [0.15, 0.2) is 11.6 Å². The van der Waals surface area contributed by atoms with Crippen molar-refractivity contribution >= 4 is 11.9 Å². The number of esters is 2. The standard InChI is InChI=1S/C18H28O7/c1-21-11-14-13(10-17(20)23-3)12(9-16(19)22-2)8-15(14)25-18-6-4-5-7-24-18/h9,13-15,18H,4-8,10-11H2,1-3H3/t13?,14-,15-,18?/m1/s1. The first-order chi connectivity index (χ1) is 12.1. The van der Waals surface area contributed by atoms with Crippen LogP contribution >= 0.6 is 0 Å². The van der Waals surface area contributed by atoms with Crippen LogP contribution in [0.25, 0.3) is 0 Å². The molecule has 0 bridgehead atoms. The van der Waals surface area contributed by atoms with Gasteiger partial charge < -0.3 is 23.7 Å². The molecule has 2 unspecified atom stereocenters. The Kier molecular flexibility index (Phi) is 7.87. The molecule has 0 aromatic rings. The van der Waals surface area contributed by atoms with Crippen molar-refractivity contribution in [2.75, 3.05) is 34.5 Å². The quantitative estimate of drug-likeness (QED) is 0.509. The van der Waals surface area contributed by atoms with Crippen LogP contribution in [0.3, 0.4) is 0 Å². The van der Waals surface area contributed by atoms with Crippen molar-refractivity contribution in [2.45, 2.75) is 44.5 Å². The zero-order chi connectivity index (χ0) is 18.2. The molecule has 1 saturated carbocycles. The number of carbonyl (C=O) groups excluding carboxylic acids is 2. The molecule has 0 aromatic heterocycles. The van der Waals surface area contributed by atoms with Gasteiger partial charge in [-0.2, -0.15) is 0 Å². The number of carbonyl (C=O) groups is 2. The van der Waals surface area contributed by atoms with Gasteiger partial charge in [0.25, 0.3) is 0 Å². The molecule has 1 saturated heterocycles. The van der Waals surface area contributed by atoms with Crippen LogP contribution in [0.5, 0.6) is 0 Å². The van der Waals surface area contributed by atoms with Crippen molar-refractivity contribution in [3.63, 3.8) is 0 Å². The van der Waals surface area contributed by atoms with Gasteiger partial charge in [0.1, 0.15) is 0 Å². The number of ether oxygens (including phenoxy) is 5. The molecule has 142 valence electrons. The van der Waals surface area contributed by atoms with Gasteiger partial charge in [0.2, 0.25) is 0 Å². The van der Waals surface area contributed by atoms with Gasteiger partial charge >= 0.3 is 11.9 Å². The van der Waals surface area contributed by atoms with E-state index in [4.69, 9.17) is 23.7 Å². The van der Waals surface area contributed by atoms with Crippen LogP contribution in [0.1, 0.15) is 32.1 Å². The molecule has 2 fully saturated rings. The minimum Gasteiger partial charge on any atom is -0.469 e. The van der Waals surface area contributed by atoms with Crippen LogP contribution < -0.4 is 0 Å². The smallest absolute Gasteiger partial charge is 0.330 e. The minimum absolute atomic E-state index is 0.0504. The van der Waals surface area contributed by atoms with E-state index < -0.39 is 5.97 Å². The summed E-state index contributed by atoms with van der Waals surface area (Å²) >= 11 is 0. The third-order valence-electron chi connectivity index (χ3n) is 4.85. The monoisotopic (exact) mass is 356 g/mol. The van der Waals surface area contributed by atoms with Crippen molar-refractivity contribution in [1.29, 1.82) is 0 Å². The molecule has 1 heterocycles. The number of rotatable bonds is 7. The van der Waals surface area contributed by atoms with E-state index in [9.17, 15) is 9.59 Å². The molecule has 1 aliphatic carbocycles. The van der Waals surface area contributed by atoms with E-state index in [1.54, 1.807) is 7.11 Å². The van der Waals surface area contributed by atoms with Gasteiger partial charge in [-0.1, -0.05) is 5.57 Å². The molecule has 0 N–H and O–H groups in total. The molecule has 0 aromatic carbocycles. The van der Waals surface area contributed by atoms with Crippen molar-refractivity contribution in [2.24, 2.45) is 11.8 Å². The lowest BCUT2D eigenvalue weighted by Gasteiger charge is -2.29. The van der Waals surface area contributed by atoms with Crippen LogP contribution in [0.4, 0.5) is 0 Å². The summed E-state index contributed by atoms with van der Waals surface area (Å²) in [5.41, 5.74) is 0.833. The summed E-state index contributed by atoms with van der Waals surface area (Å²) in [5, 5.41) is 0. The van der Waals surface area contributed by atoms with Crippen LogP contribution in [-0.2, 0) is 33.3 Å². The summed E-state index contributed by atoms with van der Waals surface area (Å²) < 4.78 is 26.7. The Labute approximate surface area is 148 Å². The predicted molar refractivity (Wildman–Crippen MR) is 88.7 cm³/mol. The Morgan fingerprint density at radius 1 is 1.20 bits per heavy atom. The van der Waals surface area contributed by atoms with Gasteiger partial charge in [-0.05, 0) is 31.6 Å². The minimum atomic E-state index is -0.435. The van der Waals surface area contributed by atoms with E-state index in [0.717, 1.165) is 24.8 Å². The lowest BCUT2D eigenvalue weighted by molar-refractivity contribution is -0.198. The van der Waals surface area contributed by atoms with E-state index in [-0.39, 0.29) is 36.6 Å². The van der Waals surface area contributed by atoms with Crippen molar-refractivity contribution < 1.29 is 33.3 Å². The maximum atomic E-state index is 11.8. The average Bonchev–Trinajstić information content (AvgIpc) is 2.92. The second-order valence-corrected chi connectivity index (χ2v) is 6.42. The van der Waals surface area contributed by atoms with Crippen LogP contribution in [0.2, 0.25) is 0 Å². The lowest BCUT2D eigenvalue weighted by Crippen LogP contribution is -2.33. The van der Waals surface area contributed by atoms with Gasteiger partial charge in [0.05, 0.1) is 33.4 Å². The number of methoxy groups -OCH3 is 3. The van der Waals surface area contributed by atoms with Gasteiger partial charge in [-0.25, -0.2) is 4.79 Å². The number of hydrogen-bond donors (Lipinski definition) is 0. The highest BCUT2D eigenvalue weighted by Crippen LogP contribution is 2.42. The maximum Gasteiger partial charge on any atom is 0.330 e. The van der Waals surface area contributed by atoms with E-state index in [2.05, 4.69) is 0 Å². The summed E-state index contributed by atoms with van der Waals surface area (Å²) in [6.07, 6.45) is 4.74. The Bertz CT molecular complexity index is 482. The Balaban J connectivity index is 2.18. The Hall–Kier alpha value is -1.44. The third-order valence-corrected chi connectivity index (χ3v) is 4.85. The molecule has 0 radical (unpaired) electrons. The molecule has 25 heavy (non-hydrogen) atoms. The normalized spacial score (nSPS) is 31.1. The lowest BCUT2D eigenvalue weighted by atomic mass is 9.89. The molecular formula is C18H28O7. The average molecular weight is 356 g/mol. The fourth-order valence-electron chi connectivity index (χ4n) is 3.57. The molecule has 1 aliphatic heterocycles. The molecule has 7 nitrogen and oxygen atoms in total. The van der Waals surface area contributed by atoms with Gasteiger partial charge in [-0.15, -0.1) is 0 Å². The zero-order valence-electron chi connectivity index (χ0n) is 15.2. The predicted octanol–water partition coefficient (Wildman–Crippen LogP) is 1.84. The highest BCUT2D eigenvalue weighted by Gasteiger charge is 2.43. The highest BCUT2D eigenvalue weighted by atomic mass is 16.7. The summed E-state index contributed by atoms with van der Waals surface area (Å²) in [6, 6.07) is 0. The molecule has 0 spiro atoms. The van der Waals surface area contributed by atoms with Crippen molar-refractivity contribution in [1.82, 2.24) is 0 Å². The van der Waals surface area contributed by atoms with Gasteiger partial charge in [0.15, 0.2) is 6.29 Å². The molecule has 2 rings (SSSR count).